The van der Waals surface area contributed by atoms with Crippen molar-refractivity contribution >= 4 is 24.0 Å². The fourth-order valence-corrected chi connectivity index (χ4v) is 1.71. The predicted octanol–water partition coefficient (Wildman–Crippen LogP) is 1.51. The molecule has 0 saturated heterocycles. The van der Waals surface area contributed by atoms with E-state index in [4.69, 9.17) is 11.1 Å². The minimum absolute atomic E-state index is 0.0194. The van der Waals surface area contributed by atoms with Crippen molar-refractivity contribution < 1.29 is 4.79 Å². The van der Waals surface area contributed by atoms with Crippen LogP contribution in [-0.2, 0) is 0 Å². The second-order valence-corrected chi connectivity index (χ2v) is 4.56. The number of hydrogen-bond acceptors (Lipinski definition) is 5. The molecule has 0 heterocycles. The molecule has 1 aromatic rings. The molecule has 5 N–H and O–H groups in total. The first-order valence-corrected chi connectivity index (χ1v) is 6.48. The van der Waals surface area contributed by atoms with E-state index >= 15 is 0 Å². The Balaban J connectivity index is 2.90. The van der Waals surface area contributed by atoms with Gasteiger partial charge >= 0.3 is 0 Å². The van der Waals surface area contributed by atoms with E-state index in [9.17, 15) is 4.79 Å². The molecule has 1 atom stereocenters. The normalized spacial score (nSPS) is 12.2. The SMILES string of the molecule is Cc1ccc(NN=CC=N)c(C(=O)NC(C)CCN)c1. The number of carbonyl (C=O) groups is 1. The summed E-state index contributed by atoms with van der Waals surface area (Å²) in [7, 11) is 0. The Kier molecular flexibility index (Phi) is 6.39. The maximum atomic E-state index is 12.2. The van der Waals surface area contributed by atoms with Gasteiger partial charge in [-0.15, -0.1) is 0 Å². The monoisotopic (exact) mass is 275 g/mol. The number of amides is 1. The standard InChI is InChI=1S/C14H21N5O/c1-10-3-4-13(19-17-8-7-16)12(9-10)14(20)18-11(2)5-6-15/h3-4,7-9,11,16,19H,5-6,15H2,1-2H3,(H,18,20). The van der Waals surface area contributed by atoms with E-state index < -0.39 is 0 Å². The molecule has 0 aliphatic carbocycles. The molecule has 0 aliphatic heterocycles. The first-order chi connectivity index (χ1) is 9.58. The summed E-state index contributed by atoms with van der Waals surface area (Å²) in [5.74, 6) is -0.165. The number of hydrazone groups is 1. The Labute approximate surface area is 119 Å². The maximum absolute atomic E-state index is 12.2. The lowest BCUT2D eigenvalue weighted by molar-refractivity contribution is 0.0939. The van der Waals surface area contributed by atoms with Gasteiger partial charge in [0.1, 0.15) is 0 Å². The van der Waals surface area contributed by atoms with E-state index in [-0.39, 0.29) is 11.9 Å². The smallest absolute Gasteiger partial charge is 0.253 e. The Bertz CT molecular complexity index is 498. The number of anilines is 1. The van der Waals surface area contributed by atoms with Gasteiger partial charge in [0.15, 0.2) is 0 Å². The number of benzene rings is 1. The van der Waals surface area contributed by atoms with Crippen LogP contribution in [-0.4, -0.2) is 30.9 Å². The number of hydrogen-bond donors (Lipinski definition) is 4. The van der Waals surface area contributed by atoms with Gasteiger partial charge in [-0.05, 0) is 38.9 Å². The number of rotatable bonds is 7. The van der Waals surface area contributed by atoms with Crippen LogP contribution in [0.3, 0.4) is 0 Å². The highest BCUT2D eigenvalue weighted by molar-refractivity contribution is 6.14. The number of carbonyl (C=O) groups excluding carboxylic acids is 1. The van der Waals surface area contributed by atoms with Crippen molar-refractivity contribution in [1.29, 1.82) is 5.41 Å². The van der Waals surface area contributed by atoms with Crippen LogP contribution in [0.15, 0.2) is 23.3 Å². The van der Waals surface area contributed by atoms with Crippen molar-refractivity contribution in [2.75, 3.05) is 12.0 Å². The summed E-state index contributed by atoms with van der Waals surface area (Å²) in [6, 6.07) is 5.50. The molecule has 1 rings (SSSR count). The van der Waals surface area contributed by atoms with Crippen molar-refractivity contribution in [2.45, 2.75) is 26.3 Å². The van der Waals surface area contributed by atoms with Crippen LogP contribution in [0.25, 0.3) is 0 Å². The lowest BCUT2D eigenvalue weighted by atomic mass is 10.1. The minimum atomic E-state index is -0.165. The van der Waals surface area contributed by atoms with Crippen LogP contribution >= 0.6 is 0 Å². The van der Waals surface area contributed by atoms with E-state index in [1.54, 1.807) is 12.1 Å². The summed E-state index contributed by atoms with van der Waals surface area (Å²) in [6.45, 7) is 4.37. The van der Waals surface area contributed by atoms with Crippen LogP contribution in [0, 0.1) is 12.3 Å². The van der Waals surface area contributed by atoms with E-state index in [1.165, 1.54) is 6.21 Å². The molecular weight excluding hydrogens is 254 g/mol. The number of aryl methyl sites for hydroxylation is 1. The van der Waals surface area contributed by atoms with E-state index in [0.717, 1.165) is 18.2 Å². The van der Waals surface area contributed by atoms with E-state index in [0.29, 0.717) is 17.8 Å². The molecule has 20 heavy (non-hydrogen) atoms. The van der Waals surface area contributed by atoms with Crippen molar-refractivity contribution in [1.82, 2.24) is 5.32 Å². The molecule has 6 heteroatoms. The summed E-state index contributed by atoms with van der Waals surface area (Å²) < 4.78 is 0. The Morgan fingerprint density at radius 3 is 2.95 bits per heavy atom. The number of nitrogens with zero attached hydrogens (tertiary/aromatic N) is 1. The second-order valence-electron chi connectivity index (χ2n) is 4.56. The molecular formula is C14H21N5O. The van der Waals surface area contributed by atoms with Crippen molar-refractivity contribution in [3.63, 3.8) is 0 Å². The van der Waals surface area contributed by atoms with Crippen molar-refractivity contribution in [3.8, 4) is 0 Å². The molecule has 0 fully saturated rings. The fourth-order valence-electron chi connectivity index (χ4n) is 1.71. The van der Waals surface area contributed by atoms with Crippen LogP contribution in [0.1, 0.15) is 29.3 Å². The van der Waals surface area contributed by atoms with Crippen molar-refractivity contribution in [3.05, 3.63) is 29.3 Å². The zero-order chi connectivity index (χ0) is 15.0. The lowest BCUT2D eigenvalue weighted by Gasteiger charge is -2.15. The van der Waals surface area contributed by atoms with Crippen LogP contribution in [0.5, 0.6) is 0 Å². The third-order valence-electron chi connectivity index (χ3n) is 2.73. The highest BCUT2D eigenvalue weighted by atomic mass is 16.1. The van der Waals surface area contributed by atoms with Gasteiger partial charge in [0.05, 0.1) is 17.5 Å². The average molecular weight is 275 g/mol. The molecule has 1 amide bonds. The Hall–Kier alpha value is -2.21. The van der Waals surface area contributed by atoms with Gasteiger partial charge in [0.2, 0.25) is 0 Å². The molecule has 0 saturated carbocycles. The summed E-state index contributed by atoms with van der Waals surface area (Å²) in [6.07, 6.45) is 3.09. The number of nitrogens with one attached hydrogen (secondary N) is 3. The largest absolute Gasteiger partial charge is 0.349 e. The highest BCUT2D eigenvalue weighted by Crippen LogP contribution is 2.17. The molecule has 0 aromatic heterocycles. The van der Waals surface area contributed by atoms with Crippen LogP contribution < -0.4 is 16.5 Å². The van der Waals surface area contributed by atoms with Gasteiger partial charge in [0, 0.05) is 12.3 Å². The zero-order valence-electron chi connectivity index (χ0n) is 11.8. The Morgan fingerprint density at radius 2 is 2.30 bits per heavy atom. The van der Waals surface area contributed by atoms with Gasteiger partial charge in [0.25, 0.3) is 5.91 Å². The lowest BCUT2D eigenvalue weighted by Crippen LogP contribution is -2.34. The molecule has 0 radical (unpaired) electrons. The summed E-state index contributed by atoms with van der Waals surface area (Å²) in [5.41, 5.74) is 10.4. The fraction of sp³-hybridized carbons (Fsp3) is 0.357. The van der Waals surface area contributed by atoms with Gasteiger partial charge in [-0.3, -0.25) is 10.2 Å². The van der Waals surface area contributed by atoms with E-state index in [2.05, 4.69) is 15.8 Å². The summed E-state index contributed by atoms with van der Waals surface area (Å²) in [5, 5.41) is 13.6. The molecule has 0 bridgehead atoms. The topological polar surface area (TPSA) is 103 Å². The molecule has 0 spiro atoms. The molecule has 108 valence electrons. The van der Waals surface area contributed by atoms with E-state index in [1.807, 2.05) is 19.9 Å². The number of nitrogens with two attached hydrogens (primary N) is 1. The molecule has 1 aromatic carbocycles. The summed E-state index contributed by atoms with van der Waals surface area (Å²) >= 11 is 0. The van der Waals surface area contributed by atoms with Crippen molar-refractivity contribution in [2.24, 2.45) is 10.8 Å². The first kappa shape index (κ1) is 15.8. The Morgan fingerprint density at radius 1 is 1.55 bits per heavy atom. The van der Waals surface area contributed by atoms with Gasteiger partial charge in [-0.1, -0.05) is 11.6 Å². The summed E-state index contributed by atoms with van der Waals surface area (Å²) in [4.78, 5) is 12.2. The molecule has 6 nitrogen and oxygen atoms in total. The van der Waals surface area contributed by atoms with Gasteiger partial charge in [-0.2, -0.15) is 5.10 Å². The third-order valence-corrected chi connectivity index (χ3v) is 2.73. The highest BCUT2D eigenvalue weighted by Gasteiger charge is 2.13. The van der Waals surface area contributed by atoms with Gasteiger partial charge < -0.3 is 16.5 Å². The zero-order valence-corrected chi connectivity index (χ0v) is 11.8. The quantitative estimate of drug-likeness (QED) is 0.448. The maximum Gasteiger partial charge on any atom is 0.253 e. The average Bonchev–Trinajstić information content (AvgIpc) is 2.40. The van der Waals surface area contributed by atoms with Gasteiger partial charge in [-0.25, -0.2) is 0 Å². The minimum Gasteiger partial charge on any atom is -0.349 e. The van der Waals surface area contributed by atoms with Crippen LogP contribution in [0.2, 0.25) is 0 Å². The second kappa shape index (κ2) is 8.06. The van der Waals surface area contributed by atoms with Crippen LogP contribution in [0.4, 0.5) is 5.69 Å². The third kappa shape index (κ3) is 4.81. The molecule has 1 unspecified atom stereocenters. The predicted molar refractivity (Wildman–Crippen MR) is 82.7 cm³/mol. The first-order valence-electron chi connectivity index (χ1n) is 6.48. The molecule has 0 aliphatic rings.